The number of benzene rings is 2. The van der Waals surface area contributed by atoms with E-state index in [4.69, 9.17) is 16.8 Å². The van der Waals surface area contributed by atoms with Crippen LogP contribution in [0.25, 0.3) is 11.8 Å². The van der Waals surface area contributed by atoms with Gasteiger partial charge in [0.2, 0.25) is 0 Å². The van der Waals surface area contributed by atoms with E-state index in [1.807, 2.05) is 23.6 Å². The second-order valence-electron chi connectivity index (χ2n) is 5.68. The van der Waals surface area contributed by atoms with Crippen molar-refractivity contribution >= 4 is 75.5 Å². The molecule has 2 aliphatic heterocycles. The molecule has 1 saturated heterocycles. The molecule has 2 N–H and O–H groups in total. The number of carbonyl (C=O) groups excluding carboxylic acids is 1. The molecular formula is C18H14BrClN2O3S2. The van der Waals surface area contributed by atoms with Gasteiger partial charge in [0.05, 0.1) is 10.6 Å². The molecule has 0 aromatic heterocycles. The van der Waals surface area contributed by atoms with Gasteiger partial charge in [-0.2, -0.15) is 5.23 Å². The maximum Gasteiger partial charge on any atom is 0.266 e. The van der Waals surface area contributed by atoms with Crippen molar-refractivity contribution in [1.29, 1.82) is 0 Å². The van der Waals surface area contributed by atoms with Crippen LogP contribution >= 0.6 is 52.1 Å². The third-order valence-corrected chi connectivity index (χ3v) is 6.66. The zero-order valence-corrected chi connectivity index (χ0v) is 17.8. The van der Waals surface area contributed by atoms with Gasteiger partial charge in [-0.1, -0.05) is 47.3 Å². The molecule has 27 heavy (non-hydrogen) atoms. The van der Waals surface area contributed by atoms with Crippen LogP contribution in [-0.2, 0) is 4.79 Å². The van der Waals surface area contributed by atoms with Crippen LogP contribution in [0.4, 0.5) is 5.69 Å². The van der Waals surface area contributed by atoms with Crippen molar-refractivity contribution in [2.75, 3.05) is 0 Å². The van der Waals surface area contributed by atoms with Gasteiger partial charge in [-0.05, 0) is 46.9 Å². The summed E-state index contributed by atoms with van der Waals surface area (Å²) in [7, 11) is 0. The Morgan fingerprint density at radius 2 is 1.81 bits per heavy atom. The molecule has 2 atom stereocenters. The first-order valence-corrected chi connectivity index (χ1v) is 9.90. The van der Waals surface area contributed by atoms with Gasteiger partial charge in [0.1, 0.15) is 4.71 Å². The van der Waals surface area contributed by atoms with E-state index in [0.29, 0.717) is 9.93 Å². The average Bonchev–Trinajstić information content (AvgIpc) is 3.18. The number of quaternary nitrogens is 1. The van der Waals surface area contributed by atoms with Crippen molar-refractivity contribution in [3.8, 4) is 0 Å². The molecule has 5 nitrogen and oxygen atoms in total. The average molecular weight is 486 g/mol. The van der Waals surface area contributed by atoms with Crippen LogP contribution in [0.1, 0.15) is 11.1 Å². The van der Waals surface area contributed by atoms with E-state index in [0.717, 1.165) is 16.8 Å². The number of carbonyl (C=O) groups is 1. The molecule has 1 fully saturated rings. The SMILES string of the molecule is Br.O=C1/C(=C/c2ccc(Cl)cc2)SC2SC=C(c3ccc([NH+]([O-])O)cc3)N12. The molecule has 1 amide bonds. The summed E-state index contributed by atoms with van der Waals surface area (Å²) in [5.41, 5.74) is 2.77. The van der Waals surface area contributed by atoms with Gasteiger partial charge in [-0.3, -0.25) is 9.69 Å². The number of rotatable bonds is 3. The minimum absolute atomic E-state index is 0. The third kappa shape index (κ3) is 4.12. The second-order valence-corrected chi connectivity index (χ2v) is 8.49. The smallest absolute Gasteiger partial charge is 0.266 e. The van der Waals surface area contributed by atoms with Crippen LogP contribution in [0.5, 0.6) is 0 Å². The number of thioether (sulfide) groups is 2. The van der Waals surface area contributed by atoms with Crippen molar-refractivity contribution in [2.45, 2.75) is 4.71 Å². The molecule has 0 radical (unpaired) electrons. The van der Waals surface area contributed by atoms with Crippen molar-refractivity contribution in [3.63, 3.8) is 0 Å². The van der Waals surface area contributed by atoms with Gasteiger partial charge in [0.25, 0.3) is 5.91 Å². The van der Waals surface area contributed by atoms with E-state index in [9.17, 15) is 10.0 Å². The molecule has 0 aliphatic carbocycles. The zero-order valence-electron chi connectivity index (χ0n) is 13.7. The van der Waals surface area contributed by atoms with Gasteiger partial charge in [-0.15, -0.1) is 17.0 Å². The van der Waals surface area contributed by atoms with Crippen molar-refractivity contribution in [2.24, 2.45) is 0 Å². The summed E-state index contributed by atoms with van der Waals surface area (Å²) in [6.45, 7) is 0. The molecule has 2 aromatic rings. The van der Waals surface area contributed by atoms with E-state index < -0.39 is 5.23 Å². The second kappa shape index (κ2) is 8.40. The first-order valence-electron chi connectivity index (χ1n) is 7.70. The first kappa shape index (κ1) is 20.5. The molecule has 140 valence electrons. The summed E-state index contributed by atoms with van der Waals surface area (Å²) in [5, 5.41) is 21.7. The number of nitrogens with one attached hydrogen (secondary N) is 1. The van der Waals surface area contributed by atoms with Gasteiger partial charge in [0, 0.05) is 17.2 Å². The Morgan fingerprint density at radius 3 is 2.44 bits per heavy atom. The Balaban J connectivity index is 0.00000210. The van der Waals surface area contributed by atoms with Gasteiger partial charge >= 0.3 is 0 Å². The summed E-state index contributed by atoms with van der Waals surface area (Å²) >= 11 is 8.99. The molecule has 2 heterocycles. The van der Waals surface area contributed by atoms with E-state index in [2.05, 4.69) is 0 Å². The maximum atomic E-state index is 12.9. The lowest BCUT2D eigenvalue weighted by Gasteiger charge is -2.18. The van der Waals surface area contributed by atoms with Crippen LogP contribution in [0, 0.1) is 5.21 Å². The number of halogens is 2. The van der Waals surface area contributed by atoms with Crippen LogP contribution in [0.2, 0.25) is 5.02 Å². The summed E-state index contributed by atoms with van der Waals surface area (Å²) in [6, 6.07) is 13.9. The summed E-state index contributed by atoms with van der Waals surface area (Å²) in [5.74, 6) is -0.0477. The van der Waals surface area contributed by atoms with Gasteiger partial charge in [0.15, 0.2) is 5.69 Å². The molecule has 0 bridgehead atoms. The summed E-state index contributed by atoms with van der Waals surface area (Å²) < 4.78 is -0.0322. The summed E-state index contributed by atoms with van der Waals surface area (Å²) in [4.78, 5) is 15.3. The molecule has 2 aromatic carbocycles. The highest BCUT2D eigenvalue weighted by atomic mass is 79.9. The van der Waals surface area contributed by atoms with E-state index in [-0.39, 0.29) is 33.3 Å². The molecule has 9 heteroatoms. The zero-order chi connectivity index (χ0) is 18.3. The minimum Gasteiger partial charge on any atom is -0.595 e. The van der Waals surface area contributed by atoms with E-state index in [1.54, 1.807) is 53.1 Å². The summed E-state index contributed by atoms with van der Waals surface area (Å²) in [6.07, 6.45) is 1.87. The highest BCUT2D eigenvalue weighted by Crippen LogP contribution is 2.51. The Morgan fingerprint density at radius 1 is 1.15 bits per heavy atom. The van der Waals surface area contributed by atoms with Gasteiger partial charge < -0.3 is 5.21 Å². The molecule has 2 unspecified atom stereocenters. The Hall–Kier alpha value is -1.26. The Kier molecular flexibility index (Phi) is 6.37. The van der Waals surface area contributed by atoms with Crippen molar-refractivity contribution in [1.82, 2.24) is 4.90 Å². The predicted molar refractivity (Wildman–Crippen MR) is 116 cm³/mol. The fraction of sp³-hybridized carbons (Fsp3) is 0.0556. The van der Waals surface area contributed by atoms with Crippen molar-refractivity contribution in [3.05, 3.63) is 80.2 Å². The maximum absolute atomic E-state index is 12.9. The predicted octanol–water partition coefficient (Wildman–Crippen LogP) is 4.27. The fourth-order valence-electron chi connectivity index (χ4n) is 2.71. The largest absolute Gasteiger partial charge is 0.595 e. The quantitative estimate of drug-likeness (QED) is 0.502. The van der Waals surface area contributed by atoms with Crippen LogP contribution in [0.3, 0.4) is 0 Å². The molecular weight excluding hydrogens is 472 g/mol. The molecule has 0 saturated carbocycles. The standard InChI is InChI=1S/C18H13ClN2O3S2.BrH/c19-13-5-1-11(2-6-13)9-16-17(22)20-15(10-25-18(20)26-16)12-3-7-14(8-4-12)21(23)24;/h1-10,18,21,23H;1H/b16-9-;. The Labute approximate surface area is 180 Å². The van der Waals surface area contributed by atoms with Gasteiger partial charge in [-0.25, -0.2) is 5.21 Å². The number of amides is 1. The molecule has 2 aliphatic rings. The topological polar surface area (TPSA) is 68.0 Å². The monoisotopic (exact) mass is 484 g/mol. The minimum atomic E-state index is -0.967. The van der Waals surface area contributed by atoms with Crippen LogP contribution < -0.4 is 5.23 Å². The number of hydrogen-bond donors (Lipinski definition) is 2. The van der Waals surface area contributed by atoms with E-state index >= 15 is 0 Å². The number of nitrogens with zero attached hydrogens (tertiary/aromatic N) is 1. The van der Waals surface area contributed by atoms with Crippen molar-refractivity contribution < 1.29 is 15.2 Å². The lowest BCUT2D eigenvalue weighted by molar-refractivity contribution is -0.991. The lowest BCUT2D eigenvalue weighted by Crippen LogP contribution is -2.99. The normalized spacial score (nSPS) is 21.1. The van der Waals surface area contributed by atoms with Crippen LogP contribution in [0.15, 0.2) is 58.8 Å². The molecule has 0 spiro atoms. The number of hydrogen-bond acceptors (Lipinski definition) is 5. The fourth-order valence-corrected chi connectivity index (χ4v) is 5.30. The first-order chi connectivity index (χ1) is 12.5. The molecule has 4 rings (SSSR count). The number of fused-ring (bicyclic) bond motifs is 1. The third-order valence-electron chi connectivity index (χ3n) is 4.02. The lowest BCUT2D eigenvalue weighted by atomic mass is 10.1. The highest BCUT2D eigenvalue weighted by molar-refractivity contribution is 8.93. The Bertz CT molecular complexity index is 917. The highest BCUT2D eigenvalue weighted by Gasteiger charge is 2.42. The van der Waals surface area contributed by atoms with Crippen LogP contribution in [-0.4, -0.2) is 20.7 Å². The van der Waals surface area contributed by atoms with E-state index in [1.165, 1.54) is 11.8 Å².